The molecule has 0 aliphatic carbocycles. The molecular weight excluding hydrogens is 350 g/mol. The van der Waals surface area contributed by atoms with Crippen molar-refractivity contribution >= 4 is 15.7 Å². The van der Waals surface area contributed by atoms with Gasteiger partial charge in [0.2, 0.25) is 0 Å². The zero-order chi connectivity index (χ0) is 18.3. The van der Waals surface area contributed by atoms with Crippen LogP contribution in [-0.2, 0) is 27.7 Å². The van der Waals surface area contributed by atoms with Gasteiger partial charge < -0.3 is 4.74 Å². The number of aromatic nitrogens is 2. The fraction of sp³-hybridized carbons (Fsp3) is 0.526. The number of aryl methyl sites for hydroxylation is 1. The second kappa shape index (κ2) is 6.70. The summed E-state index contributed by atoms with van der Waals surface area (Å²) >= 11 is 0. The number of rotatable bonds is 4. The number of fused-ring (bicyclic) bond motifs is 1. The second-order valence-corrected chi connectivity index (χ2v) is 8.93. The van der Waals surface area contributed by atoms with Crippen molar-refractivity contribution in [3.05, 3.63) is 41.2 Å². The van der Waals surface area contributed by atoms with E-state index in [1.165, 1.54) is 4.31 Å². The van der Waals surface area contributed by atoms with E-state index in [9.17, 15) is 8.42 Å². The molecule has 0 bridgehead atoms. The number of anilines is 1. The van der Waals surface area contributed by atoms with Crippen LogP contribution in [0.2, 0.25) is 0 Å². The lowest BCUT2D eigenvalue weighted by Gasteiger charge is -2.23. The molecule has 2 aliphatic rings. The van der Waals surface area contributed by atoms with Gasteiger partial charge in [0.05, 0.1) is 29.7 Å². The highest BCUT2D eigenvalue weighted by molar-refractivity contribution is 7.93. The number of hydrogen-bond acceptors (Lipinski definition) is 4. The first kappa shape index (κ1) is 17.5. The predicted molar refractivity (Wildman–Crippen MR) is 100.0 cm³/mol. The Labute approximate surface area is 154 Å². The number of para-hydroxylation sites is 1. The second-order valence-electron chi connectivity index (χ2n) is 7.13. The van der Waals surface area contributed by atoms with Crippen molar-refractivity contribution in [2.24, 2.45) is 0 Å². The van der Waals surface area contributed by atoms with E-state index in [-0.39, 0.29) is 6.10 Å². The van der Waals surface area contributed by atoms with Gasteiger partial charge in [-0.05, 0) is 51.2 Å². The largest absolute Gasteiger partial charge is 0.376 e. The molecule has 4 rings (SSSR count). The molecule has 0 unspecified atom stereocenters. The molecule has 1 atom stereocenters. The highest BCUT2D eigenvalue weighted by atomic mass is 32.2. The third-order valence-electron chi connectivity index (χ3n) is 5.36. The van der Waals surface area contributed by atoms with E-state index in [2.05, 4.69) is 5.10 Å². The van der Waals surface area contributed by atoms with E-state index in [4.69, 9.17) is 4.74 Å². The summed E-state index contributed by atoms with van der Waals surface area (Å²) in [5.41, 5.74) is 3.12. The summed E-state index contributed by atoms with van der Waals surface area (Å²) < 4.78 is 35.9. The molecule has 0 amide bonds. The van der Waals surface area contributed by atoms with Crippen molar-refractivity contribution in [2.45, 2.75) is 57.1 Å². The Balaban J connectivity index is 1.67. The van der Waals surface area contributed by atoms with E-state index < -0.39 is 10.0 Å². The van der Waals surface area contributed by atoms with Gasteiger partial charge >= 0.3 is 0 Å². The predicted octanol–water partition coefficient (Wildman–Crippen LogP) is 2.82. The Morgan fingerprint density at radius 3 is 2.81 bits per heavy atom. The van der Waals surface area contributed by atoms with Gasteiger partial charge in [0.1, 0.15) is 4.90 Å². The minimum atomic E-state index is -3.62. The van der Waals surface area contributed by atoms with Crippen LogP contribution in [0.4, 0.5) is 5.69 Å². The Kier molecular flexibility index (Phi) is 4.52. The number of sulfonamides is 1. The molecular formula is C19H25N3O3S. The summed E-state index contributed by atoms with van der Waals surface area (Å²) in [6, 6.07) is 7.71. The molecule has 0 spiro atoms. The van der Waals surface area contributed by atoms with Crippen molar-refractivity contribution in [3.8, 4) is 0 Å². The molecule has 7 heteroatoms. The lowest BCUT2D eigenvalue weighted by Crippen LogP contribution is -2.30. The molecule has 1 saturated heterocycles. The first-order valence-corrected chi connectivity index (χ1v) is 10.7. The van der Waals surface area contributed by atoms with Gasteiger partial charge in [-0.2, -0.15) is 5.10 Å². The third kappa shape index (κ3) is 2.93. The Bertz CT molecular complexity index is 914. The highest BCUT2D eigenvalue weighted by Crippen LogP contribution is 2.34. The van der Waals surface area contributed by atoms with Crippen LogP contribution >= 0.6 is 0 Å². The Morgan fingerprint density at radius 2 is 2.04 bits per heavy atom. The zero-order valence-electron chi connectivity index (χ0n) is 15.3. The van der Waals surface area contributed by atoms with Crippen LogP contribution in [0.1, 0.15) is 36.2 Å². The Hall–Kier alpha value is -1.86. The van der Waals surface area contributed by atoms with Crippen LogP contribution in [0, 0.1) is 13.8 Å². The monoisotopic (exact) mass is 375 g/mol. The molecule has 2 aromatic rings. The summed E-state index contributed by atoms with van der Waals surface area (Å²) in [5.74, 6) is 0. The molecule has 2 aliphatic heterocycles. The smallest absolute Gasteiger partial charge is 0.268 e. The van der Waals surface area contributed by atoms with Gasteiger partial charge in [-0.15, -0.1) is 0 Å². The fourth-order valence-corrected chi connectivity index (χ4v) is 5.93. The van der Waals surface area contributed by atoms with Crippen LogP contribution in [0.25, 0.3) is 0 Å². The third-order valence-corrected chi connectivity index (χ3v) is 7.42. The zero-order valence-corrected chi connectivity index (χ0v) is 16.1. The summed E-state index contributed by atoms with van der Waals surface area (Å²) in [6.45, 7) is 5.49. The summed E-state index contributed by atoms with van der Waals surface area (Å²) in [6.07, 6.45) is 4.11. The van der Waals surface area contributed by atoms with Gasteiger partial charge in [-0.1, -0.05) is 18.2 Å². The lowest BCUT2D eigenvalue weighted by molar-refractivity contribution is 0.00357. The van der Waals surface area contributed by atoms with E-state index in [1.54, 1.807) is 11.6 Å². The van der Waals surface area contributed by atoms with E-state index in [0.717, 1.165) is 43.5 Å². The van der Waals surface area contributed by atoms with Gasteiger partial charge in [-0.3, -0.25) is 8.99 Å². The summed E-state index contributed by atoms with van der Waals surface area (Å²) in [5, 5.41) is 4.53. The quantitative estimate of drug-likeness (QED) is 0.824. The van der Waals surface area contributed by atoms with Crippen LogP contribution < -0.4 is 4.31 Å². The molecule has 1 aromatic heterocycles. The molecule has 1 fully saturated rings. The minimum Gasteiger partial charge on any atom is -0.376 e. The summed E-state index contributed by atoms with van der Waals surface area (Å²) in [4.78, 5) is 0.338. The van der Waals surface area contributed by atoms with E-state index in [0.29, 0.717) is 29.4 Å². The number of ether oxygens (including phenoxy) is 1. The first-order chi connectivity index (χ1) is 12.5. The maximum Gasteiger partial charge on any atom is 0.268 e. The van der Waals surface area contributed by atoms with Crippen LogP contribution in [0.3, 0.4) is 0 Å². The van der Waals surface area contributed by atoms with Crippen LogP contribution in [-0.4, -0.2) is 37.5 Å². The molecule has 26 heavy (non-hydrogen) atoms. The van der Waals surface area contributed by atoms with Gasteiger partial charge in [-0.25, -0.2) is 8.42 Å². The van der Waals surface area contributed by atoms with Crippen molar-refractivity contribution in [2.75, 3.05) is 17.5 Å². The van der Waals surface area contributed by atoms with Gasteiger partial charge in [0, 0.05) is 13.2 Å². The number of benzene rings is 1. The topological polar surface area (TPSA) is 64.4 Å². The summed E-state index contributed by atoms with van der Waals surface area (Å²) in [7, 11) is -3.62. The van der Waals surface area contributed by atoms with Crippen molar-refractivity contribution in [1.82, 2.24) is 9.78 Å². The molecule has 6 nitrogen and oxygen atoms in total. The van der Waals surface area contributed by atoms with Gasteiger partial charge in [0.25, 0.3) is 10.0 Å². The molecule has 140 valence electrons. The maximum atomic E-state index is 13.4. The standard InChI is InChI=1S/C19H25N3O3S/c1-14-19(15(2)21(20-14)13-17-8-5-6-12-25-17)26(23,24)22-11-10-16-7-3-4-9-18(16)22/h3-4,7,9,17H,5-6,8,10-13H2,1-2H3/t17-/m0/s1. The molecule has 1 aromatic carbocycles. The number of nitrogens with zero attached hydrogens (tertiary/aromatic N) is 3. The van der Waals surface area contributed by atoms with Crippen LogP contribution in [0.15, 0.2) is 29.2 Å². The molecule has 0 radical (unpaired) electrons. The van der Waals surface area contributed by atoms with Crippen LogP contribution in [0.5, 0.6) is 0 Å². The first-order valence-electron chi connectivity index (χ1n) is 9.25. The molecule has 0 N–H and O–H groups in total. The molecule has 0 saturated carbocycles. The van der Waals surface area contributed by atoms with E-state index >= 15 is 0 Å². The number of hydrogen-bond donors (Lipinski definition) is 0. The average Bonchev–Trinajstić information content (AvgIpc) is 3.18. The normalized spacial score (nSPS) is 20.4. The van der Waals surface area contributed by atoms with E-state index in [1.807, 2.05) is 31.2 Å². The fourth-order valence-electron chi connectivity index (χ4n) is 4.04. The highest BCUT2D eigenvalue weighted by Gasteiger charge is 2.35. The molecule has 3 heterocycles. The minimum absolute atomic E-state index is 0.116. The van der Waals surface area contributed by atoms with Crippen molar-refractivity contribution < 1.29 is 13.2 Å². The van der Waals surface area contributed by atoms with Crippen molar-refractivity contribution in [3.63, 3.8) is 0 Å². The average molecular weight is 375 g/mol. The lowest BCUT2D eigenvalue weighted by atomic mass is 10.1. The Morgan fingerprint density at radius 1 is 1.23 bits per heavy atom. The SMILES string of the molecule is Cc1nn(C[C@@H]2CCCCO2)c(C)c1S(=O)(=O)N1CCc2ccccc21. The van der Waals surface area contributed by atoms with Gasteiger partial charge in [0.15, 0.2) is 0 Å². The maximum absolute atomic E-state index is 13.4. The van der Waals surface area contributed by atoms with Crippen molar-refractivity contribution in [1.29, 1.82) is 0 Å².